The molecule has 92 valence electrons. The lowest BCUT2D eigenvalue weighted by Crippen LogP contribution is -2.07. The summed E-state index contributed by atoms with van der Waals surface area (Å²) in [5, 5.41) is 11.2. The van der Waals surface area contributed by atoms with Gasteiger partial charge in [-0.3, -0.25) is 10.1 Å². The molecule has 0 bridgehead atoms. The van der Waals surface area contributed by atoms with Crippen molar-refractivity contribution >= 4 is 16.6 Å². The maximum absolute atomic E-state index is 14.2. The molecule has 0 saturated heterocycles. The van der Waals surface area contributed by atoms with Gasteiger partial charge in [0.15, 0.2) is 0 Å². The molecule has 18 heavy (non-hydrogen) atoms. The van der Waals surface area contributed by atoms with Crippen molar-refractivity contribution in [2.24, 2.45) is 5.73 Å². The Morgan fingerprint density at radius 3 is 2.72 bits per heavy atom. The average molecular weight is 247 g/mol. The standard InChI is InChI=1S/C12H10FN3O2/c13-10-6-3-1-2-4-9(6)15-11(7-5-8(7)14)12(10)16(17)18/h1-4,7-8H,5,14H2. The maximum atomic E-state index is 14.2. The molecule has 1 aliphatic rings. The minimum absolute atomic E-state index is 0.156. The number of fused-ring (bicyclic) bond motifs is 1. The Labute approximate surface area is 102 Å². The van der Waals surface area contributed by atoms with Gasteiger partial charge in [0.25, 0.3) is 0 Å². The van der Waals surface area contributed by atoms with E-state index in [0.717, 1.165) is 0 Å². The monoisotopic (exact) mass is 247 g/mol. The number of aromatic nitrogens is 1. The first-order chi connectivity index (χ1) is 8.59. The summed E-state index contributed by atoms with van der Waals surface area (Å²) >= 11 is 0. The number of para-hydroxylation sites is 1. The Morgan fingerprint density at radius 2 is 2.11 bits per heavy atom. The van der Waals surface area contributed by atoms with E-state index >= 15 is 0 Å². The number of halogens is 1. The first kappa shape index (κ1) is 11.0. The lowest BCUT2D eigenvalue weighted by Gasteiger charge is -2.05. The fourth-order valence-corrected chi connectivity index (χ4v) is 2.14. The molecule has 6 heteroatoms. The van der Waals surface area contributed by atoms with Crippen LogP contribution in [0.5, 0.6) is 0 Å². The smallest absolute Gasteiger partial charge is 0.327 e. The topological polar surface area (TPSA) is 82.0 Å². The van der Waals surface area contributed by atoms with Gasteiger partial charge in [0, 0.05) is 17.3 Å². The van der Waals surface area contributed by atoms with E-state index in [-0.39, 0.29) is 23.0 Å². The van der Waals surface area contributed by atoms with Crippen LogP contribution in [0.1, 0.15) is 18.0 Å². The van der Waals surface area contributed by atoms with Crippen molar-refractivity contribution < 1.29 is 9.31 Å². The van der Waals surface area contributed by atoms with E-state index in [9.17, 15) is 14.5 Å². The van der Waals surface area contributed by atoms with Crippen LogP contribution in [-0.4, -0.2) is 15.9 Å². The molecule has 2 atom stereocenters. The van der Waals surface area contributed by atoms with Crippen molar-refractivity contribution in [2.45, 2.75) is 18.4 Å². The van der Waals surface area contributed by atoms with Gasteiger partial charge in [0.2, 0.25) is 5.82 Å². The molecule has 0 radical (unpaired) electrons. The van der Waals surface area contributed by atoms with Crippen LogP contribution >= 0.6 is 0 Å². The normalized spacial score (nSPS) is 22.1. The van der Waals surface area contributed by atoms with Crippen molar-refractivity contribution in [3.63, 3.8) is 0 Å². The number of nitrogens with zero attached hydrogens (tertiary/aromatic N) is 2. The van der Waals surface area contributed by atoms with Crippen LogP contribution in [0.2, 0.25) is 0 Å². The molecule has 1 aromatic carbocycles. The summed E-state index contributed by atoms with van der Waals surface area (Å²) in [6.07, 6.45) is 0.617. The van der Waals surface area contributed by atoms with Crippen molar-refractivity contribution in [1.82, 2.24) is 4.98 Å². The summed E-state index contributed by atoms with van der Waals surface area (Å²) < 4.78 is 14.2. The molecule has 1 saturated carbocycles. The largest absolute Gasteiger partial charge is 0.327 e. The van der Waals surface area contributed by atoms with Gasteiger partial charge in [-0.1, -0.05) is 12.1 Å². The Hall–Kier alpha value is -2.08. The third kappa shape index (κ3) is 1.53. The van der Waals surface area contributed by atoms with Gasteiger partial charge in [-0.05, 0) is 18.6 Å². The average Bonchev–Trinajstić information content (AvgIpc) is 3.05. The van der Waals surface area contributed by atoms with Crippen LogP contribution in [0, 0.1) is 15.9 Å². The minimum Gasteiger partial charge on any atom is -0.327 e. The minimum atomic E-state index is -0.820. The van der Waals surface area contributed by atoms with Crippen LogP contribution in [0.25, 0.3) is 10.9 Å². The quantitative estimate of drug-likeness (QED) is 0.650. The van der Waals surface area contributed by atoms with Gasteiger partial charge in [-0.2, -0.15) is 4.39 Å². The highest BCUT2D eigenvalue weighted by atomic mass is 19.1. The Kier molecular flexibility index (Phi) is 2.27. The molecule has 2 N–H and O–H groups in total. The number of hydrogen-bond donors (Lipinski definition) is 1. The first-order valence-corrected chi connectivity index (χ1v) is 5.57. The van der Waals surface area contributed by atoms with E-state index < -0.39 is 16.4 Å². The number of benzene rings is 1. The molecule has 2 unspecified atom stereocenters. The highest BCUT2D eigenvalue weighted by Gasteiger charge is 2.42. The van der Waals surface area contributed by atoms with E-state index in [1.165, 1.54) is 6.07 Å². The van der Waals surface area contributed by atoms with Crippen LogP contribution in [-0.2, 0) is 0 Å². The van der Waals surface area contributed by atoms with Crippen LogP contribution in [0.3, 0.4) is 0 Å². The Bertz CT molecular complexity index is 659. The zero-order valence-electron chi connectivity index (χ0n) is 9.34. The SMILES string of the molecule is NC1CC1c1nc2ccccc2c(F)c1[N+](=O)[O-]. The second kappa shape index (κ2) is 3.71. The van der Waals surface area contributed by atoms with Crippen LogP contribution in [0.15, 0.2) is 24.3 Å². The molecule has 0 aliphatic heterocycles. The summed E-state index contributed by atoms with van der Waals surface area (Å²) in [7, 11) is 0. The van der Waals surface area contributed by atoms with E-state index in [4.69, 9.17) is 5.73 Å². The molecule has 1 aliphatic carbocycles. The molecular weight excluding hydrogens is 237 g/mol. The summed E-state index contributed by atoms with van der Waals surface area (Å²) in [4.78, 5) is 14.5. The predicted octanol–water partition coefficient (Wildman–Crippen LogP) is 2.10. The van der Waals surface area contributed by atoms with Gasteiger partial charge >= 0.3 is 5.69 Å². The van der Waals surface area contributed by atoms with Crippen LogP contribution < -0.4 is 5.73 Å². The van der Waals surface area contributed by atoms with Crippen molar-refractivity contribution in [2.75, 3.05) is 0 Å². The van der Waals surface area contributed by atoms with Gasteiger partial charge < -0.3 is 5.73 Å². The molecule has 5 nitrogen and oxygen atoms in total. The molecule has 1 aromatic heterocycles. The lowest BCUT2D eigenvalue weighted by atomic mass is 10.1. The summed E-state index contributed by atoms with van der Waals surface area (Å²) in [5.41, 5.74) is 5.74. The van der Waals surface area contributed by atoms with Gasteiger partial charge in [0.1, 0.15) is 5.69 Å². The third-order valence-electron chi connectivity index (χ3n) is 3.21. The number of rotatable bonds is 2. The molecule has 0 spiro atoms. The Balaban J connectivity index is 2.33. The summed E-state index contributed by atoms with van der Waals surface area (Å²) in [5.74, 6) is -1.02. The van der Waals surface area contributed by atoms with Crippen molar-refractivity contribution in [3.8, 4) is 0 Å². The number of nitrogens with two attached hydrogens (primary N) is 1. The van der Waals surface area contributed by atoms with Gasteiger partial charge in [-0.15, -0.1) is 0 Å². The summed E-state index contributed by atoms with van der Waals surface area (Å²) in [6, 6.07) is 6.31. The van der Waals surface area contributed by atoms with E-state index in [1.54, 1.807) is 18.2 Å². The Morgan fingerprint density at radius 1 is 1.44 bits per heavy atom. The van der Waals surface area contributed by atoms with E-state index in [2.05, 4.69) is 4.98 Å². The van der Waals surface area contributed by atoms with Gasteiger partial charge in [0.05, 0.1) is 10.4 Å². The zero-order valence-corrected chi connectivity index (χ0v) is 9.34. The second-order valence-corrected chi connectivity index (χ2v) is 4.44. The molecule has 3 rings (SSSR count). The molecule has 1 fully saturated rings. The fourth-order valence-electron chi connectivity index (χ4n) is 2.14. The lowest BCUT2D eigenvalue weighted by molar-refractivity contribution is -0.388. The van der Waals surface area contributed by atoms with Crippen LogP contribution in [0.4, 0.5) is 10.1 Å². The van der Waals surface area contributed by atoms with E-state index in [0.29, 0.717) is 11.9 Å². The highest BCUT2D eigenvalue weighted by molar-refractivity contribution is 5.82. The summed E-state index contributed by atoms with van der Waals surface area (Å²) in [6.45, 7) is 0. The highest BCUT2D eigenvalue weighted by Crippen LogP contribution is 2.44. The molecule has 2 aromatic rings. The number of hydrogen-bond acceptors (Lipinski definition) is 4. The first-order valence-electron chi connectivity index (χ1n) is 5.57. The fraction of sp³-hybridized carbons (Fsp3) is 0.250. The van der Waals surface area contributed by atoms with Crippen molar-refractivity contribution in [3.05, 3.63) is 45.9 Å². The number of pyridine rings is 1. The molecular formula is C12H10FN3O2. The second-order valence-electron chi connectivity index (χ2n) is 4.44. The maximum Gasteiger partial charge on any atom is 0.327 e. The van der Waals surface area contributed by atoms with E-state index in [1.807, 2.05) is 0 Å². The molecule has 1 heterocycles. The predicted molar refractivity (Wildman–Crippen MR) is 63.7 cm³/mol. The van der Waals surface area contributed by atoms with Crippen molar-refractivity contribution in [1.29, 1.82) is 0 Å². The molecule has 0 amide bonds. The zero-order chi connectivity index (χ0) is 12.9. The number of nitro groups is 1. The third-order valence-corrected chi connectivity index (χ3v) is 3.21. The van der Waals surface area contributed by atoms with Gasteiger partial charge in [-0.25, -0.2) is 4.98 Å².